The van der Waals surface area contributed by atoms with E-state index < -0.39 is 0 Å². The highest BCUT2D eigenvalue weighted by atomic mass is 16.5. The van der Waals surface area contributed by atoms with Crippen molar-refractivity contribution < 1.29 is 4.74 Å². The van der Waals surface area contributed by atoms with Crippen molar-refractivity contribution in [2.75, 3.05) is 7.11 Å². The molecule has 2 heteroatoms. The molecule has 17 heavy (non-hydrogen) atoms. The molecule has 0 unspecified atom stereocenters. The van der Waals surface area contributed by atoms with E-state index in [1.165, 1.54) is 64.2 Å². The summed E-state index contributed by atoms with van der Waals surface area (Å²) < 4.78 is 5.51. The molecule has 0 aromatic carbocycles. The van der Waals surface area contributed by atoms with Crippen molar-refractivity contribution in [1.82, 2.24) is 5.32 Å². The minimum absolute atomic E-state index is 0.651. The van der Waals surface area contributed by atoms with Crippen LogP contribution in [-0.4, -0.2) is 13.2 Å². The van der Waals surface area contributed by atoms with Gasteiger partial charge in [-0.3, -0.25) is 0 Å². The van der Waals surface area contributed by atoms with Gasteiger partial charge in [-0.25, -0.2) is 0 Å². The van der Waals surface area contributed by atoms with Gasteiger partial charge in [0.15, 0.2) is 5.88 Å². The van der Waals surface area contributed by atoms with Crippen LogP contribution >= 0.6 is 0 Å². The van der Waals surface area contributed by atoms with E-state index in [1.807, 2.05) is 0 Å². The third-order valence-corrected chi connectivity index (χ3v) is 4.21. The van der Waals surface area contributed by atoms with Crippen LogP contribution < -0.4 is 5.32 Å². The van der Waals surface area contributed by atoms with Crippen LogP contribution in [0.4, 0.5) is 0 Å². The average molecular weight is 237 g/mol. The van der Waals surface area contributed by atoms with Crippen molar-refractivity contribution >= 4 is 0 Å². The van der Waals surface area contributed by atoms with Crippen LogP contribution in [0.3, 0.4) is 0 Å². The zero-order valence-electron chi connectivity index (χ0n) is 11.2. The van der Waals surface area contributed by atoms with Gasteiger partial charge in [-0.1, -0.05) is 38.5 Å². The summed E-state index contributed by atoms with van der Waals surface area (Å²) in [5.74, 6) is 1.78. The lowest BCUT2D eigenvalue weighted by atomic mass is 9.89. The highest BCUT2D eigenvalue weighted by molar-refractivity contribution is 4.98. The van der Waals surface area contributed by atoms with E-state index in [-0.39, 0.29) is 0 Å². The summed E-state index contributed by atoms with van der Waals surface area (Å²) in [6.45, 7) is 0. The molecule has 2 rings (SSSR count). The Hall–Kier alpha value is -0.660. The van der Waals surface area contributed by atoms with Gasteiger partial charge < -0.3 is 10.1 Å². The second kappa shape index (κ2) is 6.93. The molecule has 98 valence electrons. The molecule has 0 bridgehead atoms. The van der Waals surface area contributed by atoms with Crippen molar-refractivity contribution in [3.05, 3.63) is 12.0 Å². The first kappa shape index (κ1) is 12.8. The van der Waals surface area contributed by atoms with Crippen molar-refractivity contribution in [2.24, 2.45) is 5.92 Å². The Kier molecular flexibility index (Phi) is 5.21. The normalized spacial score (nSPS) is 24.6. The summed E-state index contributed by atoms with van der Waals surface area (Å²) >= 11 is 0. The quantitative estimate of drug-likeness (QED) is 0.747. The molecule has 0 spiro atoms. The molecule has 2 saturated carbocycles. The zero-order chi connectivity index (χ0) is 11.9. The van der Waals surface area contributed by atoms with Crippen molar-refractivity contribution in [1.29, 1.82) is 0 Å². The molecule has 0 aliphatic heterocycles. The topological polar surface area (TPSA) is 21.3 Å². The maximum Gasteiger partial charge on any atom is 0.182 e. The van der Waals surface area contributed by atoms with Crippen LogP contribution in [0, 0.1) is 5.92 Å². The van der Waals surface area contributed by atoms with Crippen molar-refractivity contribution in [3.63, 3.8) is 0 Å². The van der Waals surface area contributed by atoms with Crippen LogP contribution in [0.25, 0.3) is 0 Å². The van der Waals surface area contributed by atoms with Crippen LogP contribution in [0.5, 0.6) is 0 Å². The van der Waals surface area contributed by atoms with Crippen molar-refractivity contribution in [2.45, 2.75) is 70.3 Å². The summed E-state index contributed by atoms with van der Waals surface area (Å²) in [7, 11) is 1.80. The van der Waals surface area contributed by atoms with Crippen LogP contribution in [-0.2, 0) is 4.74 Å². The number of ether oxygens (including phenoxy) is 1. The van der Waals surface area contributed by atoms with E-state index >= 15 is 0 Å². The molecule has 0 saturated heterocycles. The van der Waals surface area contributed by atoms with Crippen molar-refractivity contribution in [3.8, 4) is 0 Å². The number of hydrogen-bond acceptors (Lipinski definition) is 2. The number of allylic oxidation sites excluding steroid dienone is 1. The average Bonchev–Trinajstić information content (AvgIpc) is 2.40. The van der Waals surface area contributed by atoms with Crippen LogP contribution in [0.15, 0.2) is 12.0 Å². The first-order valence-corrected chi connectivity index (χ1v) is 7.41. The molecule has 0 radical (unpaired) electrons. The lowest BCUT2D eigenvalue weighted by Gasteiger charge is -2.26. The van der Waals surface area contributed by atoms with E-state index in [0.717, 1.165) is 11.8 Å². The predicted octanol–water partition coefficient (Wildman–Crippen LogP) is 3.98. The highest BCUT2D eigenvalue weighted by Gasteiger charge is 2.16. The fourth-order valence-corrected chi connectivity index (χ4v) is 3.14. The standard InChI is InChI=1S/C15H27NO/c1-17-15(12-13-8-4-2-5-9-13)16-14-10-6-3-7-11-14/h12-14,16H,2-11H2,1H3/b15-12-. The minimum atomic E-state index is 0.651. The molecule has 0 aromatic heterocycles. The van der Waals surface area contributed by atoms with E-state index in [4.69, 9.17) is 4.74 Å². The fraction of sp³-hybridized carbons (Fsp3) is 0.867. The van der Waals surface area contributed by atoms with Crippen LogP contribution in [0.1, 0.15) is 64.2 Å². The smallest absolute Gasteiger partial charge is 0.182 e. The lowest BCUT2D eigenvalue weighted by molar-refractivity contribution is 0.229. The molecule has 2 nitrogen and oxygen atoms in total. The van der Waals surface area contributed by atoms with Gasteiger partial charge in [-0.15, -0.1) is 0 Å². The minimum Gasteiger partial charge on any atom is -0.483 e. The predicted molar refractivity (Wildman–Crippen MR) is 71.7 cm³/mol. The first-order chi connectivity index (χ1) is 8.38. The molecule has 2 aliphatic carbocycles. The van der Waals surface area contributed by atoms with Gasteiger partial charge in [0.1, 0.15) is 0 Å². The van der Waals surface area contributed by atoms with E-state index in [9.17, 15) is 0 Å². The summed E-state index contributed by atoms with van der Waals surface area (Å²) in [6, 6.07) is 0.651. The number of methoxy groups -OCH3 is 1. The van der Waals surface area contributed by atoms with Gasteiger partial charge >= 0.3 is 0 Å². The molecule has 2 aliphatic rings. The molecular formula is C15H27NO. The summed E-state index contributed by atoms with van der Waals surface area (Å²) in [4.78, 5) is 0. The van der Waals surface area contributed by atoms with Gasteiger partial charge in [0.25, 0.3) is 0 Å². The third-order valence-electron chi connectivity index (χ3n) is 4.21. The number of hydrogen-bond donors (Lipinski definition) is 1. The Labute approximate surface area is 106 Å². The fourth-order valence-electron chi connectivity index (χ4n) is 3.14. The lowest BCUT2D eigenvalue weighted by Crippen LogP contribution is -2.31. The number of nitrogens with one attached hydrogen (secondary N) is 1. The molecule has 0 aromatic rings. The zero-order valence-corrected chi connectivity index (χ0v) is 11.2. The Morgan fingerprint density at radius 3 is 2.12 bits per heavy atom. The third kappa shape index (κ3) is 4.25. The maximum absolute atomic E-state index is 5.51. The van der Waals surface area contributed by atoms with Gasteiger partial charge in [0.05, 0.1) is 7.11 Å². The molecule has 0 amide bonds. The molecule has 0 atom stereocenters. The monoisotopic (exact) mass is 237 g/mol. The molecule has 0 heterocycles. The van der Waals surface area contributed by atoms with Gasteiger partial charge in [0.2, 0.25) is 0 Å². The Balaban J connectivity index is 1.83. The summed E-state index contributed by atoms with van der Waals surface area (Å²) in [5, 5.41) is 3.59. The second-order valence-electron chi connectivity index (χ2n) is 5.61. The molecule has 2 fully saturated rings. The molecular weight excluding hydrogens is 210 g/mol. The number of rotatable bonds is 4. The maximum atomic E-state index is 5.51. The Bertz CT molecular complexity index is 237. The van der Waals surface area contributed by atoms with Gasteiger partial charge in [-0.2, -0.15) is 0 Å². The second-order valence-corrected chi connectivity index (χ2v) is 5.61. The SMILES string of the molecule is CO/C(=C\C1CCCCC1)NC1CCCCC1. The Morgan fingerprint density at radius 2 is 1.53 bits per heavy atom. The van der Waals surface area contributed by atoms with E-state index in [2.05, 4.69) is 11.4 Å². The first-order valence-electron chi connectivity index (χ1n) is 7.41. The Morgan fingerprint density at radius 1 is 0.941 bits per heavy atom. The summed E-state index contributed by atoms with van der Waals surface area (Å²) in [6.07, 6.45) is 16.0. The molecule has 1 N–H and O–H groups in total. The van der Waals surface area contributed by atoms with Gasteiger partial charge in [-0.05, 0) is 37.7 Å². The van der Waals surface area contributed by atoms with Gasteiger partial charge in [0, 0.05) is 6.04 Å². The van der Waals surface area contributed by atoms with E-state index in [1.54, 1.807) is 7.11 Å². The summed E-state index contributed by atoms with van der Waals surface area (Å²) in [5.41, 5.74) is 0. The van der Waals surface area contributed by atoms with E-state index in [0.29, 0.717) is 6.04 Å². The highest BCUT2D eigenvalue weighted by Crippen LogP contribution is 2.26. The van der Waals surface area contributed by atoms with Crippen LogP contribution in [0.2, 0.25) is 0 Å². The largest absolute Gasteiger partial charge is 0.483 e.